The zero-order valence-electron chi connectivity index (χ0n) is 16.4. The van der Waals surface area contributed by atoms with Crippen LogP contribution >= 0.6 is 0 Å². The van der Waals surface area contributed by atoms with Crippen molar-refractivity contribution in [2.45, 2.75) is 26.1 Å². The molecule has 0 bridgehead atoms. The minimum absolute atomic E-state index is 0.310. The summed E-state index contributed by atoms with van der Waals surface area (Å²) in [7, 11) is 3.30. The number of amides is 3. The van der Waals surface area contributed by atoms with Gasteiger partial charge in [0.2, 0.25) is 5.96 Å². The number of imide groups is 1. The van der Waals surface area contributed by atoms with Crippen LogP contribution in [0.4, 0.5) is 10.5 Å². The molecule has 2 N–H and O–H groups in total. The molecule has 1 aromatic carbocycles. The first-order valence-corrected chi connectivity index (χ1v) is 9.20. The highest BCUT2D eigenvalue weighted by Crippen LogP contribution is 2.35. The Hall–Kier alpha value is -3.23. The van der Waals surface area contributed by atoms with E-state index in [0.29, 0.717) is 19.0 Å². The monoisotopic (exact) mass is 384 g/mol. The number of likely N-dealkylation sites (N-methyl/N-ethyl adjacent to an activating group) is 1. The molecule has 2 unspecified atom stereocenters. The summed E-state index contributed by atoms with van der Waals surface area (Å²) < 4.78 is 5.25. The van der Waals surface area contributed by atoms with Crippen LogP contribution in [0.2, 0.25) is 0 Å². The SMILES string of the molecule is COc1cccc(NCCN2C3=NC4C(C(=O)NC(=O)N4C)N3C(C)=C2C)c1. The van der Waals surface area contributed by atoms with Gasteiger partial charge in [0.15, 0.2) is 12.2 Å². The predicted octanol–water partition coefficient (Wildman–Crippen LogP) is 1.22. The number of guanidine groups is 1. The molecule has 3 aliphatic heterocycles. The van der Waals surface area contributed by atoms with Crippen LogP contribution in [-0.4, -0.2) is 72.1 Å². The summed E-state index contributed by atoms with van der Waals surface area (Å²) >= 11 is 0. The average molecular weight is 384 g/mol. The Labute approximate surface area is 163 Å². The molecule has 0 radical (unpaired) electrons. The first kappa shape index (κ1) is 18.1. The van der Waals surface area contributed by atoms with Gasteiger partial charge >= 0.3 is 6.03 Å². The third-order valence-corrected chi connectivity index (χ3v) is 5.51. The van der Waals surface area contributed by atoms with Gasteiger partial charge in [-0.2, -0.15) is 0 Å². The van der Waals surface area contributed by atoms with E-state index in [4.69, 9.17) is 9.73 Å². The zero-order chi connectivity index (χ0) is 20.0. The number of urea groups is 1. The number of rotatable bonds is 5. The second kappa shape index (κ2) is 6.74. The lowest BCUT2D eigenvalue weighted by Crippen LogP contribution is -2.63. The third-order valence-electron chi connectivity index (χ3n) is 5.51. The maximum Gasteiger partial charge on any atom is 0.325 e. The molecule has 148 valence electrons. The number of aliphatic imine (C=N–C) groups is 1. The van der Waals surface area contributed by atoms with Crippen molar-refractivity contribution in [3.8, 4) is 5.75 Å². The largest absolute Gasteiger partial charge is 0.497 e. The summed E-state index contributed by atoms with van der Waals surface area (Å²) in [5, 5.41) is 5.79. The van der Waals surface area contributed by atoms with E-state index >= 15 is 0 Å². The Balaban J connectivity index is 1.50. The van der Waals surface area contributed by atoms with Crippen molar-refractivity contribution in [1.82, 2.24) is 20.0 Å². The second-order valence-corrected chi connectivity index (χ2v) is 7.04. The predicted molar refractivity (Wildman–Crippen MR) is 105 cm³/mol. The molecule has 0 saturated carbocycles. The van der Waals surface area contributed by atoms with E-state index < -0.39 is 18.2 Å². The number of carbonyl (C=O) groups excluding carboxylic acids is 2. The smallest absolute Gasteiger partial charge is 0.325 e. The first-order chi connectivity index (χ1) is 13.4. The van der Waals surface area contributed by atoms with Crippen molar-refractivity contribution >= 4 is 23.6 Å². The van der Waals surface area contributed by atoms with Gasteiger partial charge in [0.05, 0.1) is 7.11 Å². The number of nitrogens with zero attached hydrogens (tertiary/aromatic N) is 4. The number of nitrogens with one attached hydrogen (secondary N) is 2. The quantitative estimate of drug-likeness (QED) is 0.794. The summed E-state index contributed by atoms with van der Waals surface area (Å²) in [6, 6.07) is 6.82. The maximum absolute atomic E-state index is 12.5. The maximum atomic E-state index is 12.5. The van der Waals surface area contributed by atoms with Crippen molar-refractivity contribution in [2.75, 3.05) is 32.6 Å². The van der Waals surface area contributed by atoms with Crippen LogP contribution in [0.1, 0.15) is 13.8 Å². The second-order valence-electron chi connectivity index (χ2n) is 7.04. The summed E-state index contributed by atoms with van der Waals surface area (Å²) in [4.78, 5) is 34.6. The van der Waals surface area contributed by atoms with Gasteiger partial charge in [-0.05, 0) is 26.0 Å². The van der Waals surface area contributed by atoms with Gasteiger partial charge in [-0.1, -0.05) is 6.07 Å². The van der Waals surface area contributed by atoms with Crippen LogP contribution in [-0.2, 0) is 4.79 Å². The zero-order valence-corrected chi connectivity index (χ0v) is 16.4. The number of allylic oxidation sites excluding steroid dienone is 2. The van der Waals surface area contributed by atoms with E-state index in [1.807, 2.05) is 43.0 Å². The van der Waals surface area contributed by atoms with Crippen molar-refractivity contribution in [2.24, 2.45) is 4.99 Å². The average Bonchev–Trinajstić information content (AvgIpc) is 3.18. The number of carbonyl (C=O) groups is 2. The van der Waals surface area contributed by atoms with E-state index in [1.54, 1.807) is 14.2 Å². The summed E-state index contributed by atoms with van der Waals surface area (Å²) in [5.74, 6) is 1.21. The normalized spacial score (nSPS) is 23.6. The van der Waals surface area contributed by atoms with E-state index in [-0.39, 0.29) is 5.91 Å². The lowest BCUT2D eigenvalue weighted by Gasteiger charge is -2.35. The highest BCUT2D eigenvalue weighted by atomic mass is 16.5. The summed E-state index contributed by atoms with van der Waals surface area (Å²) in [6.07, 6.45) is -0.506. The molecular formula is C19H24N6O3. The molecule has 3 amide bonds. The lowest BCUT2D eigenvalue weighted by molar-refractivity contribution is -0.126. The minimum atomic E-state index is -0.524. The Kier molecular flexibility index (Phi) is 4.37. The van der Waals surface area contributed by atoms with Gasteiger partial charge in [-0.25, -0.2) is 9.79 Å². The van der Waals surface area contributed by atoms with E-state index in [0.717, 1.165) is 22.8 Å². The fourth-order valence-electron chi connectivity index (χ4n) is 3.84. The molecule has 28 heavy (non-hydrogen) atoms. The molecule has 4 rings (SSSR count). The number of anilines is 1. The fourth-order valence-corrected chi connectivity index (χ4v) is 3.84. The molecule has 0 spiro atoms. The third kappa shape index (κ3) is 2.74. The number of benzene rings is 1. The van der Waals surface area contributed by atoms with Crippen molar-refractivity contribution in [3.63, 3.8) is 0 Å². The number of methoxy groups -OCH3 is 1. The van der Waals surface area contributed by atoms with E-state index in [1.165, 1.54) is 4.90 Å². The molecule has 2 atom stereocenters. The van der Waals surface area contributed by atoms with E-state index in [9.17, 15) is 9.59 Å². The molecule has 9 nitrogen and oxygen atoms in total. The van der Waals surface area contributed by atoms with E-state index in [2.05, 4.69) is 15.5 Å². The van der Waals surface area contributed by atoms with Gasteiger partial charge < -0.3 is 19.9 Å². The van der Waals surface area contributed by atoms with Gasteiger partial charge in [0.1, 0.15) is 5.75 Å². The minimum Gasteiger partial charge on any atom is -0.497 e. The Bertz CT molecular complexity index is 895. The molecule has 1 fully saturated rings. The number of fused-ring (bicyclic) bond motifs is 3. The van der Waals surface area contributed by atoms with Crippen LogP contribution in [0.5, 0.6) is 5.75 Å². The first-order valence-electron chi connectivity index (χ1n) is 9.20. The number of hydrogen-bond acceptors (Lipinski definition) is 7. The van der Waals surface area contributed by atoms with Gasteiger partial charge in [-0.15, -0.1) is 0 Å². The summed E-state index contributed by atoms with van der Waals surface area (Å²) in [6.45, 7) is 5.36. The van der Waals surface area contributed by atoms with Crippen LogP contribution in [0.15, 0.2) is 40.7 Å². The van der Waals surface area contributed by atoms with Crippen LogP contribution < -0.4 is 15.4 Å². The standard InChI is InChI=1S/C19H24N6O3/c1-11-12(2)25-15-16(23(3)19(27)22-17(15)26)21-18(25)24(11)9-8-20-13-6-5-7-14(10-13)28-4/h5-7,10,15-16,20H,8-9H2,1-4H3,(H,22,26,27). The Morgan fingerprint density at radius 1 is 1.25 bits per heavy atom. The van der Waals surface area contributed by atoms with Crippen LogP contribution in [0.3, 0.4) is 0 Å². The topological polar surface area (TPSA) is 89.5 Å². The van der Waals surface area contributed by atoms with Gasteiger partial charge in [-0.3, -0.25) is 15.0 Å². The molecule has 0 aromatic heterocycles. The Morgan fingerprint density at radius 2 is 2.04 bits per heavy atom. The lowest BCUT2D eigenvalue weighted by atomic mass is 10.1. The number of ether oxygens (including phenoxy) is 1. The van der Waals surface area contributed by atoms with Crippen molar-refractivity contribution in [3.05, 3.63) is 35.7 Å². The van der Waals surface area contributed by atoms with Gasteiger partial charge in [0, 0.05) is 43.3 Å². The van der Waals surface area contributed by atoms with Crippen LogP contribution in [0, 0.1) is 0 Å². The highest BCUT2D eigenvalue weighted by molar-refractivity contribution is 6.05. The molecular weight excluding hydrogens is 360 g/mol. The highest BCUT2D eigenvalue weighted by Gasteiger charge is 2.52. The molecule has 3 aliphatic rings. The molecule has 1 saturated heterocycles. The van der Waals surface area contributed by atoms with Crippen LogP contribution in [0.25, 0.3) is 0 Å². The molecule has 1 aromatic rings. The fraction of sp³-hybridized carbons (Fsp3) is 0.421. The molecule has 9 heteroatoms. The Morgan fingerprint density at radius 3 is 2.79 bits per heavy atom. The molecule has 0 aliphatic carbocycles. The van der Waals surface area contributed by atoms with Gasteiger partial charge in [0.25, 0.3) is 5.91 Å². The molecule has 3 heterocycles. The number of hydrogen-bond donors (Lipinski definition) is 2. The van der Waals surface area contributed by atoms with Crippen molar-refractivity contribution < 1.29 is 14.3 Å². The van der Waals surface area contributed by atoms with Crippen molar-refractivity contribution in [1.29, 1.82) is 0 Å². The summed E-state index contributed by atoms with van der Waals surface area (Å²) in [5.41, 5.74) is 3.00.